The Hall–Kier alpha value is -3.66. The van der Waals surface area contributed by atoms with Crippen molar-refractivity contribution in [2.75, 3.05) is 54.9 Å². The Labute approximate surface area is 256 Å². The number of anilines is 3. The Kier molecular flexibility index (Phi) is 6.96. The number of carbonyl (C=O) groups is 1. The van der Waals surface area contributed by atoms with E-state index >= 15 is 0 Å². The van der Waals surface area contributed by atoms with E-state index in [4.69, 9.17) is 21.3 Å². The van der Waals surface area contributed by atoms with Crippen LogP contribution in [0.25, 0.3) is 5.65 Å². The minimum absolute atomic E-state index is 0.00386. The maximum atomic E-state index is 12.9. The van der Waals surface area contributed by atoms with Crippen LogP contribution in [0.2, 0.25) is 5.02 Å². The zero-order valence-electron chi connectivity index (χ0n) is 24.1. The number of hydrogen-bond donors (Lipinski definition) is 2. The van der Waals surface area contributed by atoms with Crippen molar-refractivity contribution in [1.29, 1.82) is 0 Å². The van der Waals surface area contributed by atoms with Crippen molar-refractivity contribution in [3.8, 4) is 0 Å². The maximum absolute atomic E-state index is 12.9. The minimum atomic E-state index is -0.0558. The SMILES string of the molecule is O=C(Nc1cc(NCc2cn3cc(C4CC4)cc(N4CCN(C5COC5)CC4)c3n2)ccn1)[C@H]1C[C@@H]1c1cccc(Cl)c1. The van der Waals surface area contributed by atoms with E-state index in [1.807, 2.05) is 36.4 Å². The standard InChI is InChI=1S/C33H36ClN7O2/c34-24-3-1-2-22(12-24)28-15-29(28)33(42)38-31-14-25(6-7-35-31)36-16-26-18-41-17-23(21-4-5-21)13-30(32(41)37-26)40-10-8-39(9-11-40)27-19-43-20-27/h1-3,6-7,12-14,17-18,21,27-29H,4-5,8-11,15-16,19-20H2,(H2,35,36,38,42)/t28-,29+/m1/s1. The second-order valence-corrected chi connectivity index (χ2v) is 12.8. The number of hydrogen-bond acceptors (Lipinski definition) is 7. The highest BCUT2D eigenvalue weighted by Crippen LogP contribution is 2.48. The second-order valence-electron chi connectivity index (χ2n) is 12.4. The second kappa shape index (κ2) is 11.1. The molecular formula is C33H36ClN7O2. The van der Waals surface area contributed by atoms with E-state index in [1.165, 1.54) is 24.1 Å². The Balaban J connectivity index is 0.935. The molecule has 2 saturated carbocycles. The van der Waals surface area contributed by atoms with Crippen LogP contribution in [0.3, 0.4) is 0 Å². The van der Waals surface area contributed by atoms with E-state index in [9.17, 15) is 4.79 Å². The number of imidazole rings is 1. The fourth-order valence-electron chi connectivity index (χ4n) is 6.48. The number of amides is 1. The minimum Gasteiger partial charge on any atom is -0.379 e. The number of nitrogens with one attached hydrogen (secondary N) is 2. The van der Waals surface area contributed by atoms with Crippen molar-refractivity contribution in [2.45, 2.75) is 43.7 Å². The van der Waals surface area contributed by atoms with E-state index in [0.717, 1.165) is 68.4 Å². The van der Waals surface area contributed by atoms with Crippen molar-refractivity contribution >= 4 is 40.3 Å². The molecule has 2 N–H and O–H groups in total. The van der Waals surface area contributed by atoms with Gasteiger partial charge in [0.25, 0.3) is 0 Å². The summed E-state index contributed by atoms with van der Waals surface area (Å²) < 4.78 is 7.64. The highest BCUT2D eigenvalue weighted by molar-refractivity contribution is 6.30. The average molecular weight is 598 g/mol. The third kappa shape index (κ3) is 5.69. The molecule has 0 spiro atoms. The van der Waals surface area contributed by atoms with Gasteiger partial charge in [-0.1, -0.05) is 23.7 Å². The first-order valence-electron chi connectivity index (χ1n) is 15.4. The van der Waals surface area contributed by atoms with E-state index in [0.29, 0.717) is 29.3 Å². The zero-order valence-corrected chi connectivity index (χ0v) is 24.8. The van der Waals surface area contributed by atoms with Crippen LogP contribution in [0.15, 0.2) is 61.1 Å². The number of nitrogens with zero attached hydrogens (tertiary/aromatic N) is 5. The molecule has 10 heteroatoms. The van der Waals surface area contributed by atoms with Crippen LogP contribution in [0.4, 0.5) is 17.2 Å². The van der Waals surface area contributed by atoms with Crippen LogP contribution in [0, 0.1) is 5.92 Å². The van der Waals surface area contributed by atoms with Gasteiger partial charge in [0.15, 0.2) is 5.65 Å². The molecule has 0 bridgehead atoms. The number of fused-ring (bicyclic) bond motifs is 1. The third-order valence-electron chi connectivity index (χ3n) is 9.33. The van der Waals surface area contributed by atoms with Crippen LogP contribution in [-0.2, 0) is 16.1 Å². The van der Waals surface area contributed by atoms with Crippen molar-refractivity contribution in [3.05, 3.63) is 82.9 Å². The molecule has 2 aliphatic heterocycles. The lowest BCUT2D eigenvalue weighted by Crippen LogP contribution is -2.56. The first kappa shape index (κ1) is 26.9. The summed E-state index contributed by atoms with van der Waals surface area (Å²) in [6, 6.07) is 14.5. The molecule has 9 nitrogen and oxygen atoms in total. The molecule has 0 radical (unpaired) electrons. The number of halogens is 1. The van der Waals surface area contributed by atoms with E-state index in [2.05, 4.69) is 48.3 Å². The molecule has 0 unspecified atom stereocenters. The summed E-state index contributed by atoms with van der Waals surface area (Å²) in [6.45, 7) is 6.45. The molecule has 8 rings (SSSR count). The quantitative estimate of drug-likeness (QED) is 0.276. The molecule has 4 fully saturated rings. The third-order valence-corrected chi connectivity index (χ3v) is 9.57. The largest absolute Gasteiger partial charge is 0.379 e. The van der Waals surface area contributed by atoms with Crippen LogP contribution in [-0.4, -0.2) is 70.6 Å². The van der Waals surface area contributed by atoms with Gasteiger partial charge in [0.2, 0.25) is 5.91 Å². The van der Waals surface area contributed by atoms with E-state index < -0.39 is 0 Å². The molecule has 43 heavy (non-hydrogen) atoms. The van der Waals surface area contributed by atoms with Crippen molar-refractivity contribution in [1.82, 2.24) is 19.3 Å². The number of aromatic nitrogens is 3. The van der Waals surface area contributed by atoms with E-state index in [-0.39, 0.29) is 17.7 Å². The monoisotopic (exact) mass is 597 g/mol. The summed E-state index contributed by atoms with van der Waals surface area (Å²) in [4.78, 5) is 27.5. The number of carbonyl (C=O) groups excluding carboxylic acids is 1. The van der Waals surface area contributed by atoms with Gasteiger partial charge in [-0.05, 0) is 66.5 Å². The first-order chi connectivity index (χ1) is 21.1. The molecule has 5 heterocycles. The predicted octanol–water partition coefficient (Wildman–Crippen LogP) is 5.14. The molecule has 4 aromatic rings. The lowest BCUT2D eigenvalue weighted by molar-refractivity contribution is -0.117. The Morgan fingerprint density at radius 1 is 1.02 bits per heavy atom. The summed E-state index contributed by atoms with van der Waals surface area (Å²) >= 11 is 6.14. The van der Waals surface area contributed by atoms with Gasteiger partial charge >= 0.3 is 0 Å². The predicted molar refractivity (Wildman–Crippen MR) is 168 cm³/mol. The fraction of sp³-hybridized carbons (Fsp3) is 0.424. The summed E-state index contributed by atoms with van der Waals surface area (Å²) in [5.41, 5.74) is 6.65. The number of rotatable bonds is 9. The van der Waals surface area contributed by atoms with Crippen LogP contribution in [0.1, 0.15) is 47.9 Å². The van der Waals surface area contributed by atoms with Gasteiger partial charge in [0.05, 0.1) is 37.2 Å². The molecule has 2 saturated heterocycles. The number of pyridine rings is 2. The molecule has 1 amide bonds. The van der Waals surface area contributed by atoms with E-state index in [1.54, 1.807) is 6.20 Å². The smallest absolute Gasteiger partial charge is 0.229 e. The van der Waals surface area contributed by atoms with Crippen molar-refractivity contribution in [3.63, 3.8) is 0 Å². The highest BCUT2D eigenvalue weighted by Gasteiger charge is 2.44. The van der Waals surface area contributed by atoms with Gasteiger partial charge in [0.1, 0.15) is 5.82 Å². The maximum Gasteiger partial charge on any atom is 0.229 e. The normalized spacial score (nSPS) is 22.4. The van der Waals surface area contributed by atoms with Gasteiger partial charge in [-0.15, -0.1) is 0 Å². The number of benzene rings is 1. The lowest BCUT2D eigenvalue weighted by atomic mass is 10.1. The Morgan fingerprint density at radius 3 is 2.65 bits per heavy atom. The summed E-state index contributed by atoms with van der Waals surface area (Å²) in [5.74, 6) is 1.37. The summed E-state index contributed by atoms with van der Waals surface area (Å²) in [7, 11) is 0. The van der Waals surface area contributed by atoms with Crippen LogP contribution < -0.4 is 15.5 Å². The Bertz CT molecular complexity index is 1660. The molecule has 2 aliphatic carbocycles. The molecule has 3 aromatic heterocycles. The molecular weight excluding hydrogens is 562 g/mol. The topological polar surface area (TPSA) is 87.0 Å². The van der Waals surface area contributed by atoms with Gasteiger partial charge in [0, 0.05) is 67.5 Å². The van der Waals surface area contributed by atoms with Crippen molar-refractivity contribution < 1.29 is 9.53 Å². The Morgan fingerprint density at radius 2 is 1.88 bits per heavy atom. The van der Waals surface area contributed by atoms with Crippen LogP contribution >= 0.6 is 11.6 Å². The van der Waals surface area contributed by atoms with Crippen molar-refractivity contribution in [2.24, 2.45) is 5.92 Å². The lowest BCUT2D eigenvalue weighted by Gasteiger charge is -2.43. The summed E-state index contributed by atoms with van der Waals surface area (Å²) in [6.07, 6.45) is 9.50. The highest BCUT2D eigenvalue weighted by atomic mass is 35.5. The summed E-state index contributed by atoms with van der Waals surface area (Å²) in [5, 5.41) is 7.19. The zero-order chi connectivity index (χ0) is 28.9. The number of ether oxygens (including phenoxy) is 1. The van der Waals surface area contributed by atoms with Gasteiger partial charge in [-0.25, -0.2) is 9.97 Å². The molecule has 1 aromatic carbocycles. The molecule has 2 atom stereocenters. The first-order valence-corrected chi connectivity index (χ1v) is 15.8. The van der Waals surface area contributed by atoms with Gasteiger partial charge in [-0.3, -0.25) is 9.69 Å². The fourth-order valence-corrected chi connectivity index (χ4v) is 6.68. The average Bonchev–Trinajstić information content (AvgIpc) is 3.92. The van der Waals surface area contributed by atoms with Crippen LogP contribution in [0.5, 0.6) is 0 Å². The van der Waals surface area contributed by atoms with Gasteiger partial charge in [-0.2, -0.15) is 0 Å². The molecule has 222 valence electrons. The number of piperazine rings is 1. The van der Waals surface area contributed by atoms with Gasteiger partial charge < -0.3 is 24.7 Å². The molecule has 4 aliphatic rings.